The smallest absolute Gasteiger partial charge is 0.324 e. The Bertz CT molecular complexity index is 1500. The molecule has 4 N–H and O–H groups in total. The Labute approximate surface area is 239 Å². The second kappa shape index (κ2) is 12.4. The summed E-state index contributed by atoms with van der Waals surface area (Å²) in [7, 11) is 2.15. The van der Waals surface area contributed by atoms with Crippen LogP contribution >= 0.6 is 0 Å². The molecular formula is C30H36N8O3. The Morgan fingerprint density at radius 3 is 2.39 bits per heavy atom. The van der Waals surface area contributed by atoms with Crippen molar-refractivity contribution in [3.05, 3.63) is 77.0 Å². The van der Waals surface area contributed by atoms with Crippen LogP contribution in [0.4, 0.5) is 22.1 Å². The van der Waals surface area contributed by atoms with E-state index in [4.69, 9.17) is 4.52 Å². The highest BCUT2D eigenvalue weighted by atomic mass is 16.5. The Morgan fingerprint density at radius 1 is 0.951 bits per heavy atom. The number of nitrogens with one attached hydrogen (secondary N) is 4. The van der Waals surface area contributed by atoms with Gasteiger partial charge in [-0.15, -0.1) is 0 Å². The number of hydrogen-bond donors (Lipinski definition) is 4. The van der Waals surface area contributed by atoms with Crippen molar-refractivity contribution in [1.29, 1.82) is 0 Å². The zero-order valence-electron chi connectivity index (χ0n) is 23.8. The monoisotopic (exact) mass is 556 g/mol. The van der Waals surface area contributed by atoms with Gasteiger partial charge in [-0.05, 0) is 49.4 Å². The maximum absolute atomic E-state index is 12.8. The number of benzene rings is 2. The fourth-order valence-corrected chi connectivity index (χ4v) is 4.61. The van der Waals surface area contributed by atoms with Crippen molar-refractivity contribution >= 4 is 29.3 Å². The summed E-state index contributed by atoms with van der Waals surface area (Å²) in [6.45, 7) is 11.0. The van der Waals surface area contributed by atoms with E-state index in [9.17, 15) is 9.59 Å². The number of urea groups is 1. The minimum atomic E-state index is -0.414. The number of amides is 3. The third kappa shape index (κ3) is 7.19. The van der Waals surface area contributed by atoms with Crippen LogP contribution in [-0.4, -0.2) is 70.3 Å². The van der Waals surface area contributed by atoms with E-state index in [0.29, 0.717) is 28.6 Å². The normalized spacial score (nSPS) is 14.3. The van der Waals surface area contributed by atoms with Crippen LogP contribution in [0, 0.1) is 6.92 Å². The van der Waals surface area contributed by atoms with Crippen molar-refractivity contribution in [1.82, 2.24) is 25.2 Å². The lowest BCUT2D eigenvalue weighted by atomic mass is 10.1. The number of piperazine rings is 1. The molecule has 2 aromatic heterocycles. The van der Waals surface area contributed by atoms with Gasteiger partial charge in [-0.2, -0.15) is 5.10 Å². The molecule has 4 aromatic rings. The summed E-state index contributed by atoms with van der Waals surface area (Å²) in [4.78, 5) is 30.0. The molecule has 1 aliphatic heterocycles. The van der Waals surface area contributed by atoms with Crippen molar-refractivity contribution in [2.75, 3.05) is 49.2 Å². The van der Waals surface area contributed by atoms with Crippen LogP contribution < -0.4 is 16.0 Å². The molecule has 11 heteroatoms. The molecule has 0 spiro atoms. The van der Waals surface area contributed by atoms with Gasteiger partial charge in [-0.3, -0.25) is 20.1 Å². The molecule has 5 rings (SSSR count). The maximum Gasteiger partial charge on any atom is 0.324 e. The van der Waals surface area contributed by atoms with Gasteiger partial charge in [0.25, 0.3) is 5.91 Å². The molecule has 1 aliphatic rings. The first-order valence-corrected chi connectivity index (χ1v) is 13.8. The molecule has 214 valence electrons. The molecule has 0 aliphatic carbocycles. The van der Waals surface area contributed by atoms with Crippen LogP contribution in [0.25, 0.3) is 11.3 Å². The zero-order valence-corrected chi connectivity index (χ0v) is 23.8. The molecular weight excluding hydrogens is 520 g/mol. The minimum Gasteiger partial charge on any atom is -0.359 e. The number of rotatable bonds is 8. The largest absolute Gasteiger partial charge is 0.359 e. The number of anilines is 3. The standard InChI is InChI=1S/C30H36N8O3/c1-19(2)26-17-28(36-41-26)33-30(40)31-24-10-9-23(15-20(24)3)25-16-27(35-34-25)32-29(39)22-7-5-21(6-8-22)18-38-13-11-37(4)12-14-38/h5-10,15-17,19H,11-14,18H2,1-4H3,(H2,31,33,36,40)(H2,32,34,35,39). The summed E-state index contributed by atoms with van der Waals surface area (Å²) < 4.78 is 5.22. The SMILES string of the molecule is Cc1cc(-c2cc(NC(=O)c3ccc(CN4CCN(C)CC4)cc3)n[nH]2)ccc1NC(=O)Nc1cc(C(C)C)on1. The van der Waals surface area contributed by atoms with Gasteiger partial charge in [0.05, 0.1) is 5.69 Å². The summed E-state index contributed by atoms with van der Waals surface area (Å²) in [5, 5.41) is 19.5. The average molecular weight is 557 g/mol. The second-order valence-corrected chi connectivity index (χ2v) is 10.8. The minimum absolute atomic E-state index is 0.177. The predicted molar refractivity (Wildman–Crippen MR) is 159 cm³/mol. The third-order valence-corrected chi connectivity index (χ3v) is 7.16. The number of carbonyl (C=O) groups is 2. The lowest BCUT2D eigenvalue weighted by Gasteiger charge is -2.32. The first-order valence-electron chi connectivity index (χ1n) is 13.8. The van der Waals surface area contributed by atoms with Gasteiger partial charge in [-0.25, -0.2) is 4.79 Å². The number of aryl methyl sites for hydroxylation is 1. The van der Waals surface area contributed by atoms with E-state index in [-0.39, 0.29) is 11.8 Å². The van der Waals surface area contributed by atoms with Crippen molar-refractivity contribution in [2.45, 2.75) is 33.2 Å². The van der Waals surface area contributed by atoms with Gasteiger partial charge in [-0.1, -0.05) is 37.2 Å². The fourth-order valence-electron chi connectivity index (χ4n) is 4.61. The lowest BCUT2D eigenvalue weighted by molar-refractivity contribution is 0.102. The number of hydrogen-bond acceptors (Lipinski definition) is 7. The van der Waals surface area contributed by atoms with Crippen LogP contribution in [0.15, 0.2) is 59.1 Å². The highest BCUT2D eigenvalue weighted by Gasteiger charge is 2.16. The third-order valence-electron chi connectivity index (χ3n) is 7.16. The van der Waals surface area contributed by atoms with Crippen LogP contribution in [0.1, 0.15) is 47.0 Å². The van der Waals surface area contributed by atoms with Crippen molar-refractivity contribution in [2.24, 2.45) is 0 Å². The molecule has 3 amide bonds. The summed E-state index contributed by atoms with van der Waals surface area (Å²) in [6.07, 6.45) is 0. The first kappa shape index (κ1) is 28.1. The van der Waals surface area contributed by atoms with Crippen LogP contribution in [0.3, 0.4) is 0 Å². The number of H-pyrrole nitrogens is 1. The summed E-state index contributed by atoms with van der Waals surface area (Å²) in [6, 6.07) is 16.4. The number of aromatic amines is 1. The van der Waals surface area contributed by atoms with Crippen molar-refractivity contribution in [3.63, 3.8) is 0 Å². The van der Waals surface area contributed by atoms with Gasteiger partial charge in [0.15, 0.2) is 11.6 Å². The maximum atomic E-state index is 12.8. The molecule has 2 aromatic carbocycles. The molecule has 3 heterocycles. The summed E-state index contributed by atoms with van der Waals surface area (Å²) >= 11 is 0. The number of carbonyl (C=O) groups excluding carboxylic acids is 2. The molecule has 0 atom stereocenters. The Kier molecular flexibility index (Phi) is 8.46. The topological polar surface area (TPSA) is 131 Å². The van der Waals surface area contributed by atoms with E-state index >= 15 is 0 Å². The van der Waals surface area contributed by atoms with E-state index in [0.717, 1.165) is 49.5 Å². The average Bonchev–Trinajstić information content (AvgIpc) is 3.61. The first-order chi connectivity index (χ1) is 19.7. The van der Waals surface area contributed by atoms with E-state index in [1.807, 2.05) is 63.2 Å². The van der Waals surface area contributed by atoms with E-state index in [2.05, 4.69) is 48.2 Å². The Balaban J connectivity index is 1.15. The molecule has 0 unspecified atom stereocenters. The summed E-state index contributed by atoms with van der Waals surface area (Å²) in [5.74, 6) is 1.44. The van der Waals surface area contributed by atoms with Crippen LogP contribution in [-0.2, 0) is 6.54 Å². The Hall–Kier alpha value is -4.48. The van der Waals surface area contributed by atoms with Crippen molar-refractivity contribution in [3.8, 4) is 11.3 Å². The highest BCUT2D eigenvalue weighted by Crippen LogP contribution is 2.26. The summed E-state index contributed by atoms with van der Waals surface area (Å²) in [5.41, 5.74) is 4.89. The van der Waals surface area contributed by atoms with Crippen molar-refractivity contribution < 1.29 is 14.1 Å². The molecule has 41 heavy (non-hydrogen) atoms. The van der Waals surface area contributed by atoms with E-state index in [1.165, 1.54) is 5.56 Å². The van der Waals surface area contributed by atoms with Crippen LogP contribution in [0.2, 0.25) is 0 Å². The van der Waals surface area contributed by atoms with Gasteiger partial charge in [0.1, 0.15) is 5.76 Å². The quantitative estimate of drug-likeness (QED) is 0.236. The second-order valence-electron chi connectivity index (χ2n) is 10.8. The molecule has 0 radical (unpaired) electrons. The van der Waals surface area contributed by atoms with Gasteiger partial charge < -0.3 is 20.1 Å². The fraction of sp³-hybridized carbons (Fsp3) is 0.333. The molecule has 1 saturated heterocycles. The highest BCUT2D eigenvalue weighted by molar-refractivity contribution is 6.04. The molecule has 0 saturated carbocycles. The molecule has 1 fully saturated rings. The molecule has 0 bridgehead atoms. The lowest BCUT2D eigenvalue weighted by Crippen LogP contribution is -2.43. The van der Waals surface area contributed by atoms with Crippen LogP contribution in [0.5, 0.6) is 0 Å². The van der Waals surface area contributed by atoms with E-state index in [1.54, 1.807) is 12.1 Å². The number of aromatic nitrogens is 3. The zero-order chi connectivity index (χ0) is 28.9. The predicted octanol–water partition coefficient (Wildman–Crippen LogP) is 5.14. The number of likely N-dealkylation sites (N-methyl/N-ethyl adjacent to an activating group) is 1. The van der Waals surface area contributed by atoms with Gasteiger partial charge >= 0.3 is 6.03 Å². The van der Waals surface area contributed by atoms with E-state index < -0.39 is 6.03 Å². The molecule has 11 nitrogen and oxygen atoms in total. The number of nitrogens with zero attached hydrogens (tertiary/aromatic N) is 4. The van der Waals surface area contributed by atoms with Gasteiger partial charge in [0.2, 0.25) is 0 Å². The Morgan fingerprint density at radius 2 is 1.71 bits per heavy atom. The van der Waals surface area contributed by atoms with Gasteiger partial charge in [0, 0.05) is 67.6 Å².